The highest BCUT2D eigenvalue weighted by Gasteiger charge is 2.18. The van der Waals surface area contributed by atoms with E-state index in [-0.39, 0.29) is 5.91 Å². The number of likely N-dealkylation sites (N-methyl/N-ethyl adjacent to an activating group) is 1. The molecular weight excluding hydrogens is 398 g/mol. The SMILES string of the molecule is Cc1nc2c(C(=O)NCCN(C)Cc3ccccc3)cnn2c(C)c1Cc1ccccc1. The van der Waals surface area contributed by atoms with Crippen molar-refractivity contribution in [1.29, 1.82) is 0 Å². The number of carbonyl (C=O) groups excluding carboxylic acids is 1. The van der Waals surface area contributed by atoms with Crippen LogP contribution in [0, 0.1) is 13.8 Å². The van der Waals surface area contributed by atoms with Crippen molar-refractivity contribution in [3.63, 3.8) is 0 Å². The summed E-state index contributed by atoms with van der Waals surface area (Å²) in [7, 11) is 2.05. The van der Waals surface area contributed by atoms with Crippen molar-refractivity contribution in [2.45, 2.75) is 26.8 Å². The van der Waals surface area contributed by atoms with Crippen molar-refractivity contribution in [1.82, 2.24) is 24.8 Å². The highest BCUT2D eigenvalue weighted by atomic mass is 16.1. The van der Waals surface area contributed by atoms with Crippen LogP contribution in [0.1, 0.15) is 38.4 Å². The topological polar surface area (TPSA) is 62.5 Å². The van der Waals surface area contributed by atoms with Crippen LogP contribution in [0.25, 0.3) is 5.65 Å². The van der Waals surface area contributed by atoms with Gasteiger partial charge in [-0.1, -0.05) is 60.7 Å². The second kappa shape index (κ2) is 9.75. The molecule has 32 heavy (non-hydrogen) atoms. The van der Waals surface area contributed by atoms with Crippen molar-refractivity contribution in [2.75, 3.05) is 20.1 Å². The fourth-order valence-corrected chi connectivity index (χ4v) is 3.96. The lowest BCUT2D eigenvalue weighted by molar-refractivity contribution is 0.0951. The molecule has 0 fully saturated rings. The third-order valence-corrected chi connectivity index (χ3v) is 5.75. The summed E-state index contributed by atoms with van der Waals surface area (Å²) in [5, 5.41) is 7.48. The van der Waals surface area contributed by atoms with Crippen LogP contribution < -0.4 is 5.32 Å². The number of aryl methyl sites for hydroxylation is 2. The Hall–Kier alpha value is -3.51. The summed E-state index contributed by atoms with van der Waals surface area (Å²) in [5.41, 5.74) is 6.67. The van der Waals surface area contributed by atoms with E-state index in [0.29, 0.717) is 17.8 Å². The third-order valence-electron chi connectivity index (χ3n) is 5.75. The Kier molecular flexibility index (Phi) is 6.61. The maximum atomic E-state index is 12.8. The van der Waals surface area contributed by atoms with E-state index in [1.807, 2.05) is 50.2 Å². The average molecular weight is 428 g/mol. The largest absolute Gasteiger partial charge is 0.351 e. The van der Waals surface area contributed by atoms with Gasteiger partial charge in [-0.15, -0.1) is 0 Å². The van der Waals surface area contributed by atoms with Gasteiger partial charge in [0.1, 0.15) is 5.56 Å². The minimum Gasteiger partial charge on any atom is -0.351 e. The van der Waals surface area contributed by atoms with E-state index in [1.165, 1.54) is 11.1 Å². The number of hydrogen-bond acceptors (Lipinski definition) is 4. The zero-order chi connectivity index (χ0) is 22.5. The standard InChI is InChI=1S/C26H29N5O/c1-19-23(16-21-10-6-4-7-11-21)20(2)31-25(29-19)24(17-28-31)26(32)27-14-15-30(3)18-22-12-8-5-9-13-22/h4-13,17H,14-16,18H2,1-3H3,(H,27,32). The van der Waals surface area contributed by atoms with Crippen molar-refractivity contribution >= 4 is 11.6 Å². The van der Waals surface area contributed by atoms with E-state index in [0.717, 1.165) is 36.5 Å². The Morgan fingerprint density at radius 3 is 2.34 bits per heavy atom. The first-order valence-corrected chi connectivity index (χ1v) is 10.9. The molecule has 0 spiro atoms. The van der Waals surface area contributed by atoms with Gasteiger partial charge in [-0.25, -0.2) is 9.50 Å². The molecule has 0 aliphatic heterocycles. The van der Waals surface area contributed by atoms with Crippen LogP contribution in [-0.2, 0) is 13.0 Å². The lowest BCUT2D eigenvalue weighted by Gasteiger charge is -2.17. The molecule has 4 rings (SSSR count). The molecule has 0 aliphatic carbocycles. The maximum Gasteiger partial charge on any atom is 0.256 e. The lowest BCUT2D eigenvalue weighted by atomic mass is 10.0. The van der Waals surface area contributed by atoms with Gasteiger partial charge in [0, 0.05) is 37.4 Å². The van der Waals surface area contributed by atoms with E-state index in [9.17, 15) is 4.79 Å². The van der Waals surface area contributed by atoms with Gasteiger partial charge in [-0.3, -0.25) is 4.79 Å². The van der Waals surface area contributed by atoms with Crippen molar-refractivity contribution in [3.8, 4) is 0 Å². The molecule has 6 nitrogen and oxygen atoms in total. The third kappa shape index (κ3) is 4.86. The number of nitrogens with one attached hydrogen (secondary N) is 1. The van der Waals surface area contributed by atoms with Crippen LogP contribution >= 0.6 is 0 Å². The van der Waals surface area contributed by atoms with Gasteiger partial charge < -0.3 is 10.2 Å². The maximum absolute atomic E-state index is 12.8. The number of fused-ring (bicyclic) bond motifs is 1. The van der Waals surface area contributed by atoms with Crippen molar-refractivity contribution in [2.24, 2.45) is 0 Å². The minimum atomic E-state index is -0.143. The van der Waals surface area contributed by atoms with Crippen LogP contribution in [0.4, 0.5) is 0 Å². The Labute approximate surface area is 188 Å². The molecule has 6 heteroatoms. The number of amides is 1. The predicted octanol–water partition coefficient (Wildman–Crippen LogP) is 3.80. The fraction of sp³-hybridized carbons (Fsp3) is 0.269. The van der Waals surface area contributed by atoms with E-state index >= 15 is 0 Å². The Morgan fingerprint density at radius 1 is 1.00 bits per heavy atom. The highest BCUT2D eigenvalue weighted by molar-refractivity contribution is 5.99. The van der Waals surface area contributed by atoms with Crippen molar-refractivity contribution in [3.05, 3.63) is 101 Å². The van der Waals surface area contributed by atoms with Gasteiger partial charge in [0.25, 0.3) is 5.91 Å². The average Bonchev–Trinajstić information content (AvgIpc) is 3.22. The first kappa shape index (κ1) is 21.7. The summed E-state index contributed by atoms with van der Waals surface area (Å²) in [4.78, 5) is 19.8. The fourth-order valence-electron chi connectivity index (χ4n) is 3.96. The number of nitrogens with zero attached hydrogens (tertiary/aromatic N) is 4. The van der Waals surface area contributed by atoms with E-state index in [4.69, 9.17) is 4.98 Å². The highest BCUT2D eigenvalue weighted by Crippen LogP contribution is 2.20. The van der Waals surface area contributed by atoms with E-state index < -0.39 is 0 Å². The summed E-state index contributed by atoms with van der Waals surface area (Å²) in [6.07, 6.45) is 2.40. The number of rotatable bonds is 8. The van der Waals surface area contributed by atoms with Crippen LogP contribution in [0.5, 0.6) is 0 Å². The summed E-state index contributed by atoms with van der Waals surface area (Å²) < 4.78 is 1.78. The first-order chi connectivity index (χ1) is 15.5. The molecule has 0 aliphatic rings. The first-order valence-electron chi connectivity index (χ1n) is 10.9. The molecule has 1 N–H and O–H groups in total. The van der Waals surface area contributed by atoms with Crippen molar-refractivity contribution < 1.29 is 4.79 Å². The molecule has 164 valence electrons. The Balaban J connectivity index is 1.43. The number of aromatic nitrogens is 3. The normalized spacial score (nSPS) is 11.2. The predicted molar refractivity (Wildman–Crippen MR) is 127 cm³/mol. The van der Waals surface area contributed by atoms with Gasteiger partial charge in [0.05, 0.1) is 6.20 Å². The molecule has 2 aromatic heterocycles. The van der Waals surface area contributed by atoms with Gasteiger partial charge >= 0.3 is 0 Å². The van der Waals surface area contributed by atoms with Crippen LogP contribution in [0.15, 0.2) is 66.9 Å². The molecular formula is C26H29N5O. The van der Waals surface area contributed by atoms with E-state index in [2.05, 4.69) is 46.6 Å². The molecule has 0 saturated carbocycles. The molecule has 2 aromatic carbocycles. The van der Waals surface area contributed by atoms with Gasteiger partial charge in [0.2, 0.25) is 0 Å². The zero-order valence-corrected chi connectivity index (χ0v) is 18.9. The molecule has 0 bridgehead atoms. The monoisotopic (exact) mass is 427 g/mol. The second-order valence-electron chi connectivity index (χ2n) is 8.20. The molecule has 0 radical (unpaired) electrons. The lowest BCUT2D eigenvalue weighted by Crippen LogP contribution is -2.32. The Morgan fingerprint density at radius 2 is 1.66 bits per heavy atom. The number of hydrogen-bond donors (Lipinski definition) is 1. The Bertz CT molecular complexity index is 1200. The number of benzene rings is 2. The molecule has 1 amide bonds. The molecule has 0 saturated heterocycles. The number of carbonyl (C=O) groups is 1. The summed E-state index contributed by atoms with van der Waals surface area (Å²) in [5.74, 6) is -0.143. The summed E-state index contributed by atoms with van der Waals surface area (Å²) in [6.45, 7) is 6.19. The quantitative estimate of drug-likeness (QED) is 0.465. The molecule has 4 aromatic rings. The van der Waals surface area contributed by atoms with Crippen LogP contribution in [-0.4, -0.2) is 45.5 Å². The zero-order valence-electron chi connectivity index (χ0n) is 18.9. The minimum absolute atomic E-state index is 0.143. The second-order valence-corrected chi connectivity index (χ2v) is 8.20. The van der Waals surface area contributed by atoms with Gasteiger partial charge in [-0.05, 0) is 37.6 Å². The van der Waals surface area contributed by atoms with E-state index in [1.54, 1.807) is 10.7 Å². The molecule has 0 unspecified atom stereocenters. The van der Waals surface area contributed by atoms with Gasteiger partial charge in [-0.2, -0.15) is 5.10 Å². The van der Waals surface area contributed by atoms with Crippen LogP contribution in [0.3, 0.4) is 0 Å². The molecule has 0 atom stereocenters. The van der Waals surface area contributed by atoms with Crippen LogP contribution in [0.2, 0.25) is 0 Å². The summed E-state index contributed by atoms with van der Waals surface area (Å²) >= 11 is 0. The smallest absolute Gasteiger partial charge is 0.256 e. The van der Waals surface area contributed by atoms with Gasteiger partial charge in [0.15, 0.2) is 5.65 Å². The molecule has 2 heterocycles. The summed E-state index contributed by atoms with van der Waals surface area (Å²) in [6, 6.07) is 20.6.